The molecule has 3 aromatic carbocycles. The van der Waals surface area contributed by atoms with E-state index in [1.807, 2.05) is 62.4 Å². The van der Waals surface area contributed by atoms with Gasteiger partial charge in [-0.15, -0.1) is 0 Å². The molecule has 0 aromatic heterocycles. The molecular weight excluding hydrogens is 420 g/mol. The molecule has 3 rings (SSSR count). The van der Waals surface area contributed by atoms with Gasteiger partial charge in [-0.25, -0.2) is 4.79 Å². The van der Waals surface area contributed by atoms with Gasteiger partial charge >= 0.3 is 6.03 Å². The second-order valence-electron chi connectivity index (χ2n) is 7.76. The van der Waals surface area contributed by atoms with Crippen molar-refractivity contribution in [3.63, 3.8) is 0 Å². The van der Waals surface area contributed by atoms with Crippen molar-refractivity contribution < 1.29 is 4.79 Å². The number of hydrogen-bond donors (Lipinski definition) is 3. The van der Waals surface area contributed by atoms with E-state index in [4.69, 9.17) is 23.1 Å². The van der Waals surface area contributed by atoms with Crippen molar-refractivity contribution >= 4 is 40.4 Å². The minimum absolute atomic E-state index is 0.239. The Balaban J connectivity index is 2.01. The molecule has 0 saturated carbocycles. The number of rotatable bonds is 7. The van der Waals surface area contributed by atoms with E-state index in [9.17, 15) is 4.79 Å². The average molecular weight is 451 g/mol. The maximum atomic E-state index is 13.6. The second-order valence-corrected chi connectivity index (χ2v) is 8.17. The third-order valence-corrected chi connectivity index (χ3v) is 6.02. The van der Waals surface area contributed by atoms with Gasteiger partial charge in [-0.2, -0.15) is 0 Å². The molecule has 3 aromatic rings. The van der Waals surface area contributed by atoms with Gasteiger partial charge < -0.3 is 16.8 Å². The third kappa shape index (κ3) is 5.17. The molecular formula is C26H31ClN4O. The number of halogens is 1. The molecule has 0 unspecified atom stereocenters. The van der Waals surface area contributed by atoms with Crippen molar-refractivity contribution in [2.75, 3.05) is 21.7 Å². The van der Waals surface area contributed by atoms with Gasteiger partial charge in [0.15, 0.2) is 0 Å². The number of nitrogens with one attached hydrogen (secondary N) is 1. The van der Waals surface area contributed by atoms with Crippen molar-refractivity contribution in [3.05, 3.63) is 81.9 Å². The summed E-state index contributed by atoms with van der Waals surface area (Å²) in [4.78, 5) is 15.3. The van der Waals surface area contributed by atoms with Gasteiger partial charge in [-0.05, 0) is 71.8 Å². The molecule has 0 radical (unpaired) electrons. The maximum absolute atomic E-state index is 13.6. The number of hydrogen-bond acceptors (Lipinski definition) is 3. The monoisotopic (exact) mass is 450 g/mol. The minimum atomic E-state index is -0.239. The van der Waals surface area contributed by atoms with Crippen LogP contribution in [0.25, 0.3) is 0 Å². The molecule has 0 aliphatic carbocycles. The zero-order valence-electron chi connectivity index (χ0n) is 18.9. The first-order valence-electron chi connectivity index (χ1n) is 11.0. The number of nitrogens with zero attached hydrogens (tertiary/aromatic N) is 1. The average Bonchev–Trinajstić information content (AvgIpc) is 2.79. The highest BCUT2D eigenvalue weighted by atomic mass is 35.5. The topological polar surface area (TPSA) is 84.4 Å². The quantitative estimate of drug-likeness (QED) is 0.362. The van der Waals surface area contributed by atoms with Gasteiger partial charge in [0.05, 0.1) is 12.2 Å². The predicted octanol–water partition coefficient (Wildman–Crippen LogP) is 6.43. The molecule has 5 N–H and O–H groups in total. The molecule has 0 atom stereocenters. The van der Waals surface area contributed by atoms with Crippen LogP contribution in [0.3, 0.4) is 0 Å². The normalized spacial score (nSPS) is 10.8. The fourth-order valence-corrected chi connectivity index (χ4v) is 4.15. The summed E-state index contributed by atoms with van der Waals surface area (Å²) in [6.45, 7) is 6.54. The summed E-state index contributed by atoms with van der Waals surface area (Å²) in [5.41, 5.74) is 18.8. The molecule has 0 fully saturated rings. The SMILES string of the molecule is CCc1ccc(N(Cc2ccc(N)cc2)C(=O)Nc2c(CC)c(N)cc(Cl)c2CC)cc1. The zero-order chi connectivity index (χ0) is 23.3. The summed E-state index contributed by atoms with van der Waals surface area (Å²) < 4.78 is 0. The summed E-state index contributed by atoms with van der Waals surface area (Å²) in [6, 6.07) is 17.1. The van der Waals surface area contributed by atoms with Crippen molar-refractivity contribution in [1.29, 1.82) is 0 Å². The molecule has 0 aliphatic heterocycles. The first kappa shape index (κ1) is 23.5. The number of nitrogen functional groups attached to an aromatic ring is 2. The Morgan fingerprint density at radius 1 is 0.875 bits per heavy atom. The molecule has 0 heterocycles. The molecule has 168 valence electrons. The number of amides is 2. The van der Waals surface area contributed by atoms with Crippen LogP contribution in [0.4, 0.5) is 27.5 Å². The Morgan fingerprint density at radius 3 is 2.03 bits per heavy atom. The lowest BCUT2D eigenvalue weighted by Crippen LogP contribution is -2.35. The van der Waals surface area contributed by atoms with Crippen LogP contribution in [-0.2, 0) is 25.8 Å². The molecule has 2 amide bonds. The number of urea groups is 1. The molecule has 5 nitrogen and oxygen atoms in total. The van der Waals surface area contributed by atoms with Crippen LogP contribution in [0.1, 0.15) is 43.0 Å². The van der Waals surface area contributed by atoms with Crippen LogP contribution in [0.5, 0.6) is 0 Å². The van der Waals surface area contributed by atoms with Gasteiger partial charge in [-0.1, -0.05) is 56.6 Å². The minimum Gasteiger partial charge on any atom is -0.399 e. The first-order valence-corrected chi connectivity index (χ1v) is 11.4. The standard InChI is InChI=1S/C26H31ClN4O/c1-4-17-9-13-20(14-10-17)31(16-18-7-11-19(28)12-8-18)26(32)30-25-21(5-2)23(27)15-24(29)22(25)6-3/h7-15H,4-6,16,28-29H2,1-3H3,(H,30,32). The number of carbonyl (C=O) groups excluding carboxylic acids is 1. The highest BCUT2D eigenvalue weighted by molar-refractivity contribution is 6.32. The van der Waals surface area contributed by atoms with E-state index in [1.165, 1.54) is 5.56 Å². The maximum Gasteiger partial charge on any atom is 0.326 e. The highest BCUT2D eigenvalue weighted by Gasteiger charge is 2.21. The summed E-state index contributed by atoms with van der Waals surface area (Å²) in [7, 11) is 0. The van der Waals surface area contributed by atoms with Gasteiger partial charge in [-0.3, -0.25) is 4.90 Å². The van der Waals surface area contributed by atoms with Crippen LogP contribution in [0.15, 0.2) is 54.6 Å². The third-order valence-electron chi connectivity index (χ3n) is 5.68. The zero-order valence-corrected chi connectivity index (χ0v) is 19.7. The summed E-state index contributed by atoms with van der Waals surface area (Å²) >= 11 is 6.46. The number of benzene rings is 3. The molecule has 0 bridgehead atoms. The molecule has 0 saturated heterocycles. The Hall–Kier alpha value is -3.18. The highest BCUT2D eigenvalue weighted by Crippen LogP contribution is 2.34. The second kappa shape index (κ2) is 10.4. The van der Waals surface area contributed by atoms with E-state index < -0.39 is 0 Å². The summed E-state index contributed by atoms with van der Waals surface area (Å²) in [5.74, 6) is 0. The number of nitrogens with two attached hydrogens (primary N) is 2. The van der Waals surface area contributed by atoms with Gasteiger partial charge in [0.25, 0.3) is 0 Å². The number of aryl methyl sites for hydroxylation is 1. The Kier molecular flexibility index (Phi) is 7.65. The van der Waals surface area contributed by atoms with Crippen LogP contribution in [0.2, 0.25) is 5.02 Å². The lowest BCUT2D eigenvalue weighted by molar-refractivity contribution is 0.256. The van der Waals surface area contributed by atoms with Crippen molar-refractivity contribution in [3.8, 4) is 0 Å². The Labute approximate surface area is 195 Å². The number of anilines is 4. The molecule has 32 heavy (non-hydrogen) atoms. The Morgan fingerprint density at radius 2 is 1.47 bits per heavy atom. The van der Waals surface area contributed by atoms with Crippen molar-refractivity contribution in [1.82, 2.24) is 0 Å². The van der Waals surface area contributed by atoms with E-state index >= 15 is 0 Å². The van der Waals surface area contributed by atoms with E-state index in [1.54, 1.807) is 11.0 Å². The van der Waals surface area contributed by atoms with Crippen LogP contribution >= 0.6 is 11.6 Å². The van der Waals surface area contributed by atoms with Crippen LogP contribution in [0, 0.1) is 0 Å². The number of carbonyl (C=O) groups is 1. The van der Waals surface area contributed by atoms with Crippen molar-refractivity contribution in [2.24, 2.45) is 0 Å². The lowest BCUT2D eigenvalue weighted by atomic mass is 10.0. The van der Waals surface area contributed by atoms with Gasteiger partial charge in [0.1, 0.15) is 0 Å². The first-order chi connectivity index (χ1) is 15.4. The summed E-state index contributed by atoms with van der Waals surface area (Å²) in [6.07, 6.45) is 2.31. The smallest absolute Gasteiger partial charge is 0.326 e. The van der Waals surface area contributed by atoms with E-state index in [0.29, 0.717) is 41.5 Å². The van der Waals surface area contributed by atoms with E-state index in [0.717, 1.165) is 28.8 Å². The summed E-state index contributed by atoms with van der Waals surface area (Å²) in [5, 5.41) is 3.68. The predicted molar refractivity (Wildman–Crippen MR) is 136 cm³/mol. The van der Waals surface area contributed by atoms with Gasteiger partial charge in [0, 0.05) is 22.1 Å². The fourth-order valence-electron chi connectivity index (χ4n) is 3.81. The van der Waals surface area contributed by atoms with Gasteiger partial charge in [0.2, 0.25) is 0 Å². The van der Waals surface area contributed by atoms with Crippen LogP contribution in [-0.4, -0.2) is 6.03 Å². The lowest BCUT2D eigenvalue weighted by Gasteiger charge is -2.26. The molecule has 6 heteroatoms. The molecule has 0 aliphatic rings. The van der Waals surface area contributed by atoms with E-state index in [2.05, 4.69) is 12.2 Å². The van der Waals surface area contributed by atoms with E-state index in [-0.39, 0.29) is 6.03 Å². The van der Waals surface area contributed by atoms with Crippen molar-refractivity contribution in [2.45, 2.75) is 46.6 Å². The Bertz CT molecular complexity index is 1050. The fraction of sp³-hybridized carbons (Fsp3) is 0.269. The largest absolute Gasteiger partial charge is 0.399 e. The van der Waals surface area contributed by atoms with Crippen LogP contribution < -0.4 is 21.7 Å². The molecule has 0 spiro atoms.